The van der Waals surface area contributed by atoms with Gasteiger partial charge in [-0.2, -0.15) is 0 Å². The molecule has 1 rings (SSSR count). The average Bonchev–Trinajstić information content (AvgIpc) is 2.41. The first-order chi connectivity index (χ1) is 9.19. The highest BCUT2D eigenvalue weighted by Gasteiger charge is 2.09. The molecular formula is C15H23BrN2S. The van der Waals surface area contributed by atoms with Crippen molar-refractivity contribution in [1.29, 1.82) is 0 Å². The van der Waals surface area contributed by atoms with E-state index in [1.54, 1.807) is 0 Å². The molecule has 0 saturated heterocycles. The third-order valence-electron chi connectivity index (χ3n) is 2.97. The lowest BCUT2D eigenvalue weighted by Crippen LogP contribution is -2.36. The minimum Gasteiger partial charge on any atom is -0.349 e. The zero-order chi connectivity index (χ0) is 14.1. The maximum Gasteiger partial charge on any atom is 0.173 e. The number of rotatable bonds is 7. The second-order valence-electron chi connectivity index (χ2n) is 4.60. The zero-order valence-corrected chi connectivity index (χ0v) is 14.2. The van der Waals surface area contributed by atoms with Crippen molar-refractivity contribution in [2.24, 2.45) is 0 Å². The molecule has 0 aliphatic rings. The van der Waals surface area contributed by atoms with Crippen molar-refractivity contribution < 1.29 is 0 Å². The van der Waals surface area contributed by atoms with Crippen molar-refractivity contribution in [3.63, 3.8) is 0 Å². The highest BCUT2D eigenvalue weighted by molar-refractivity contribution is 9.10. The molecule has 0 radical (unpaired) electrons. The summed E-state index contributed by atoms with van der Waals surface area (Å²) in [6.07, 6.45) is 4.75. The molecule has 0 fully saturated rings. The monoisotopic (exact) mass is 342 g/mol. The molecule has 1 aromatic carbocycles. The summed E-state index contributed by atoms with van der Waals surface area (Å²) in [7, 11) is 0. The number of hydrogen-bond donors (Lipinski definition) is 1. The van der Waals surface area contributed by atoms with E-state index < -0.39 is 0 Å². The van der Waals surface area contributed by atoms with Crippen LogP contribution in [-0.2, 0) is 0 Å². The lowest BCUT2D eigenvalue weighted by atomic mass is 10.2. The van der Waals surface area contributed by atoms with E-state index in [1.807, 2.05) is 24.3 Å². The summed E-state index contributed by atoms with van der Waals surface area (Å²) in [6, 6.07) is 8.07. The molecule has 1 N–H and O–H groups in total. The van der Waals surface area contributed by atoms with Crippen LogP contribution in [0.4, 0.5) is 5.69 Å². The Balaban J connectivity index is 2.62. The number of thiocarbonyl (C=S) groups is 1. The second kappa shape index (κ2) is 9.32. The summed E-state index contributed by atoms with van der Waals surface area (Å²) in [5.41, 5.74) is 1.03. The highest BCUT2D eigenvalue weighted by atomic mass is 79.9. The molecule has 1 aromatic rings. The molecule has 0 heterocycles. The van der Waals surface area contributed by atoms with Gasteiger partial charge in [0.1, 0.15) is 0 Å². The number of nitrogens with zero attached hydrogens (tertiary/aromatic N) is 1. The van der Waals surface area contributed by atoms with Crippen LogP contribution in [-0.4, -0.2) is 23.1 Å². The van der Waals surface area contributed by atoms with Gasteiger partial charge in [0.2, 0.25) is 0 Å². The number of anilines is 1. The molecule has 0 aliphatic carbocycles. The van der Waals surface area contributed by atoms with Crippen LogP contribution >= 0.6 is 28.1 Å². The predicted molar refractivity (Wildman–Crippen MR) is 91.8 cm³/mol. The maximum absolute atomic E-state index is 5.54. The van der Waals surface area contributed by atoms with E-state index >= 15 is 0 Å². The largest absolute Gasteiger partial charge is 0.349 e. The first-order valence-corrected chi connectivity index (χ1v) is 8.19. The Kier molecular flexibility index (Phi) is 8.07. The standard InChI is InChI=1S/C15H23BrN2S/c1-3-5-11-18(12-6-4-2)15(19)17-14-10-8-7-9-13(14)16/h7-10H,3-6,11-12H2,1-2H3,(H,17,19). The Bertz CT molecular complexity index is 387. The normalized spacial score (nSPS) is 10.3. The van der Waals surface area contributed by atoms with E-state index in [1.165, 1.54) is 25.7 Å². The van der Waals surface area contributed by atoms with E-state index in [9.17, 15) is 0 Å². The molecule has 19 heavy (non-hydrogen) atoms. The first-order valence-electron chi connectivity index (χ1n) is 6.99. The average molecular weight is 343 g/mol. The minimum absolute atomic E-state index is 0.828. The van der Waals surface area contributed by atoms with Gasteiger partial charge in [0.25, 0.3) is 0 Å². The van der Waals surface area contributed by atoms with Crippen LogP contribution in [0.3, 0.4) is 0 Å². The van der Waals surface area contributed by atoms with Crippen molar-refractivity contribution in [3.8, 4) is 0 Å². The summed E-state index contributed by atoms with van der Waals surface area (Å²) < 4.78 is 1.04. The molecule has 0 spiro atoms. The Labute approximate surface area is 130 Å². The summed E-state index contributed by atoms with van der Waals surface area (Å²) in [4.78, 5) is 2.28. The van der Waals surface area contributed by atoms with Crippen LogP contribution in [0.15, 0.2) is 28.7 Å². The molecule has 0 bridgehead atoms. The van der Waals surface area contributed by atoms with E-state index in [0.29, 0.717) is 0 Å². The molecule has 0 atom stereocenters. The Morgan fingerprint density at radius 2 is 1.74 bits per heavy atom. The number of hydrogen-bond acceptors (Lipinski definition) is 1. The lowest BCUT2D eigenvalue weighted by Gasteiger charge is -2.26. The van der Waals surface area contributed by atoms with Gasteiger partial charge in [0.05, 0.1) is 5.69 Å². The fourth-order valence-electron chi connectivity index (χ4n) is 1.77. The number of nitrogens with one attached hydrogen (secondary N) is 1. The topological polar surface area (TPSA) is 15.3 Å². The zero-order valence-electron chi connectivity index (χ0n) is 11.8. The minimum atomic E-state index is 0.828. The highest BCUT2D eigenvalue weighted by Crippen LogP contribution is 2.21. The SMILES string of the molecule is CCCCN(CCCC)C(=S)Nc1ccccc1Br. The predicted octanol–water partition coefficient (Wildman–Crippen LogP) is 5.05. The van der Waals surface area contributed by atoms with Crippen LogP contribution in [0, 0.1) is 0 Å². The Morgan fingerprint density at radius 1 is 1.16 bits per heavy atom. The van der Waals surface area contributed by atoms with Gasteiger partial charge < -0.3 is 10.2 Å². The molecule has 0 aromatic heterocycles. The maximum atomic E-state index is 5.54. The van der Waals surface area contributed by atoms with Gasteiger partial charge in [0, 0.05) is 17.6 Å². The number of unbranched alkanes of at least 4 members (excludes halogenated alkanes) is 2. The molecule has 0 saturated carbocycles. The van der Waals surface area contributed by atoms with Gasteiger partial charge in [0.15, 0.2) is 5.11 Å². The number of halogens is 1. The van der Waals surface area contributed by atoms with E-state index in [2.05, 4.69) is 40.0 Å². The quantitative estimate of drug-likeness (QED) is 0.698. The van der Waals surface area contributed by atoms with Crippen LogP contribution in [0.25, 0.3) is 0 Å². The van der Waals surface area contributed by atoms with Crippen molar-refractivity contribution in [2.45, 2.75) is 39.5 Å². The van der Waals surface area contributed by atoms with E-state index in [-0.39, 0.29) is 0 Å². The van der Waals surface area contributed by atoms with Gasteiger partial charge in [-0.1, -0.05) is 38.8 Å². The van der Waals surface area contributed by atoms with Crippen LogP contribution in [0.5, 0.6) is 0 Å². The third kappa shape index (κ3) is 5.91. The molecule has 4 heteroatoms. The Hall–Kier alpha value is -0.610. The van der Waals surface area contributed by atoms with Gasteiger partial charge in [-0.05, 0) is 53.1 Å². The molecule has 0 amide bonds. The van der Waals surface area contributed by atoms with Crippen molar-refractivity contribution in [1.82, 2.24) is 4.90 Å². The second-order valence-corrected chi connectivity index (χ2v) is 5.85. The van der Waals surface area contributed by atoms with Gasteiger partial charge in [-0.15, -0.1) is 0 Å². The molecular weight excluding hydrogens is 320 g/mol. The third-order valence-corrected chi connectivity index (χ3v) is 4.02. The lowest BCUT2D eigenvalue weighted by molar-refractivity contribution is 0.403. The molecule has 2 nitrogen and oxygen atoms in total. The first kappa shape index (κ1) is 16.4. The molecule has 0 unspecified atom stereocenters. The molecule has 0 aliphatic heterocycles. The van der Waals surface area contributed by atoms with Gasteiger partial charge in [-0.25, -0.2) is 0 Å². The van der Waals surface area contributed by atoms with Crippen molar-refractivity contribution in [2.75, 3.05) is 18.4 Å². The fraction of sp³-hybridized carbons (Fsp3) is 0.533. The van der Waals surface area contributed by atoms with Gasteiger partial charge >= 0.3 is 0 Å². The number of para-hydroxylation sites is 1. The van der Waals surface area contributed by atoms with E-state index in [4.69, 9.17) is 12.2 Å². The van der Waals surface area contributed by atoms with Crippen molar-refractivity contribution >= 4 is 38.9 Å². The summed E-state index contributed by atoms with van der Waals surface area (Å²) >= 11 is 9.08. The van der Waals surface area contributed by atoms with Crippen LogP contribution < -0.4 is 5.32 Å². The fourth-order valence-corrected chi connectivity index (χ4v) is 2.45. The summed E-state index contributed by atoms with van der Waals surface area (Å²) in [5.74, 6) is 0. The van der Waals surface area contributed by atoms with Crippen LogP contribution in [0.2, 0.25) is 0 Å². The van der Waals surface area contributed by atoms with Crippen molar-refractivity contribution in [3.05, 3.63) is 28.7 Å². The molecule has 106 valence electrons. The van der Waals surface area contributed by atoms with Gasteiger partial charge in [-0.3, -0.25) is 0 Å². The Morgan fingerprint density at radius 3 is 2.26 bits per heavy atom. The van der Waals surface area contributed by atoms with E-state index in [0.717, 1.165) is 28.4 Å². The summed E-state index contributed by atoms with van der Waals surface area (Å²) in [5, 5.41) is 4.17. The smallest absolute Gasteiger partial charge is 0.173 e. The summed E-state index contributed by atoms with van der Waals surface area (Å²) in [6.45, 7) is 6.49. The van der Waals surface area contributed by atoms with Crippen LogP contribution in [0.1, 0.15) is 39.5 Å². The number of benzene rings is 1.